The first-order chi connectivity index (χ1) is 9.38. The summed E-state index contributed by atoms with van der Waals surface area (Å²) in [5, 5.41) is 0.207. The van der Waals surface area contributed by atoms with Gasteiger partial charge in [0, 0.05) is 17.7 Å². The first kappa shape index (κ1) is 13.2. The third-order valence-corrected chi connectivity index (χ3v) is 3.88. The van der Waals surface area contributed by atoms with Crippen LogP contribution in [0.4, 0.5) is 11.6 Å². The molecular weight excluding hydrogens is 274 g/mol. The summed E-state index contributed by atoms with van der Waals surface area (Å²) in [5.41, 5.74) is 4.31. The lowest BCUT2D eigenvalue weighted by molar-refractivity contribution is 0.549. The predicted octanol–water partition coefficient (Wildman–Crippen LogP) is 2.97. The van der Waals surface area contributed by atoms with Crippen molar-refractivity contribution in [2.24, 2.45) is 0 Å². The highest BCUT2D eigenvalue weighted by Gasteiger charge is 2.38. The molecule has 0 unspecified atom stereocenters. The van der Waals surface area contributed by atoms with Crippen molar-refractivity contribution in [1.29, 1.82) is 0 Å². The summed E-state index contributed by atoms with van der Waals surface area (Å²) >= 11 is 5.87. The molecule has 2 aromatic heterocycles. The van der Waals surface area contributed by atoms with E-state index in [0.717, 1.165) is 29.2 Å². The van der Waals surface area contributed by atoms with Crippen LogP contribution >= 0.6 is 11.6 Å². The minimum atomic E-state index is -0.0487. The van der Waals surface area contributed by atoms with Gasteiger partial charge in [0.1, 0.15) is 6.33 Å². The maximum absolute atomic E-state index is 5.87. The lowest BCUT2D eigenvalue weighted by Crippen LogP contribution is -2.26. The van der Waals surface area contributed by atoms with Crippen LogP contribution in [0.25, 0.3) is 0 Å². The molecule has 0 bridgehead atoms. The van der Waals surface area contributed by atoms with Gasteiger partial charge in [-0.2, -0.15) is 4.98 Å². The monoisotopic (exact) mass is 289 g/mol. The number of pyridine rings is 1. The Labute approximate surface area is 123 Å². The van der Waals surface area contributed by atoms with Crippen molar-refractivity contribution in [2.75, 3.05) is 11.4 Å². The van der Waals surface area contributed by atoms with Gasteiger partial charge in [-0.25, -0.2) is 9.97 Å². The fourth-order valence-electron chi connectivity index (χ4n) is 2.53. The molecule has 0 radical (unpaired) electrons. The molecule has 3 heterocycles. The SMILES string of the molecule is Cc1cc2c(nc1C)C(C)(C)CN2c1ncnc(Cl)n1. The topological polar surface area (TPSA) is 54.8 Å². The zero-order valence-electron chi connectivity index (χ0n) is 12.0. The summed E-state index contributed by atoms with van der Waals surface area (Å²) in [6.07, 6.45) is 1.43. The van der Waals surface area contributed by atoms with Crippen molar-refractivity contribution in [3.63, 3.8) is 0 Å². The Morgan fingerprint density at radius 3 is 2.65 bits per heavy atom. The van der Waals surface area contributed by atoms with Crippen molar-refractivity contribution >= 4 is 23.2 Å². The number of aromatic nitrogens is 4. The van der Waals surface area contributed by atoms with E-state index in [0.29, 0.717) is 5.95 Å². The molecule has 0 fully saturated rings. The molecule has 1 aliphatic heterocycles. The van der Waals surface area contributed by atoms with Crippen LogP contribution in [0.15, 0.2) is 12.4 Å². The zero-order chi connectivity index (χ0) is 14.5. The minimum absolute atomic E-state index is 0.0487. The van der Waals surface area contributed by atoms with E-state index in [9.17, 15) is 0 Å². The normalized spacial score (nSPS) is 16.4. The molecule has 0 N–H and O–H groups in total. The highest BCUT2D eigenvalue weighted by atomic mass is 35.5. The Morgan fingerprint density at radius 2 is 1.95 bits per heavy atom. The second kappa shape index (κ2) is 4.38. The summed E-state index contributed by atoms with van der Waals surface area (Å²) in [6, 6.07) is 2.14. The van der Waals surface area contributed by atoms with Crippen LogP contribution in [0.2, 0.25) is 5.28 Å². The molecule has 0 atom stereocenters. The molecule has 0 saturated heterocycles. The van der Waals surface area contributed by atoms with Gasteiger partial charge in [0.2, 0.25) is 11.2 Å². The van der Waals surface area contributed by atoms with Crippen LogP contribution in [0.3, 0.4) is 0 Å². The Hall–Kier alpha value is -1.75. The fraction of sp³-hybridized carbons (Fsp3) is 0.429. The molecule has 3 rings (SSSR count). The number of hydrogen-bond acceptors (Lipinski definition) is 5. The maximum atomic E-state index is 5.87. The molecule has 2 aromatic rings. The van der Waals surface area contributed by atoms with E-state index < -0.39 is 0 Å². The van der Waals surface area contributed by atoms with Crippen molar-refractivity contribution < 1.29 is 0 Å². The average Bonchev–Trinajstić information content (AvgIpc) is 2.63. The number of halogens is 1. The third kappa shape index (κ3) is 2.02. The van der Waals surface area contributed by atoms with Gasteiger partial charge in [-0.1, -0.05) is 13.8 Å². The second-order valence-corrected chi connectivity index (χ2v) is 6.12. The van der Waals surface area contributed by atoms with Gasteiger partial charge < -0.3 is 4.90 Å². The van der Waals surface area contributed by atoms with Crippen molar-refractivity contribution in [3.8, 4) is 0 Å². The van der Waals surface area contributed by atoms with Crippen LogP contribution in [0.1, 0.15) is 30.8 Å². The van der Waals surface area contributed by atoms with E-state index >= 15 is 0 Å². The quantitative estimate of drug-likeness (QED) is 0.808. The molecule has 6 heteroatoms. The Kier molecular flexibility index (Phi) is 2.90. The van der Waals surface area contributed by atoms with Gasteiger partial charge in [-0.05, 0) is 37.1 Å². The smallest absolute Gasteiger partial charge is 0.234 e. The molecule has 0 aromatic carbocycles. The number of anilines is 2. The molecule has 20 heavy (non-hydrogen) atoms. The molecule has 5 nitrogen and oxygen atoms in total. The van der Waals surface area contributed by atoms with Gasteiger partial charge >= 0.3 is 0 Å². The molecular formula is C14H16ClN5. The molecule has 0 amide bonds. The van der Waals surface area contributed by atoms with E-state index in [1.807, 2.05) is 6.92 Å². The van der Waals surface area contributed by atoms with Gasteiger partial charge in [0.05, 0.1) is 11.4 Å². The number of rotatable bonds is 1. The molecule has 0 saturated carbocycles. The lowest BCUT2D eigenvalue weighted by atomic mass is 9.91. The van der Waals surface area contributed by atoms with Gasteiger partial charge in [-0.3, -0.25) is 4.98 Å². The van der Waals surface area contributed by atoms with E-state index in [2.05, 4.69) is 46.7 Å². The van der Waals surface area contributed by atoms with E-state index in [-0.39, 0.29) is 10.7 Å². The Morgan fingerprint density at radius 1 is 1.20 bits per heavy atom. The lowest BCUT2D eigenvalue weighted by Gasteiger charge is -2.19. The summed E-state index contributed by atoms with van der Waals surface area (Å²) in [6.45, 7) is 9.23. The summed E-state index contributed by atoms with van der Waals surface area (Å²) in [4.78, 5) is 19.1. The van der Waals surface area contributed by atoms with Crippen LogP contribution < -0.4 is 4.90 Å². The predicted molar refractivity (Wildman–Crippen MR) is 78.6 cm³/mol. The van der Waals surface area contributed by atoms with Crippen molar-refractivity contribution in [1.82, 2.24) is 19.9 Å². The second-order valence-electron chi connectivity index (χ2n) is 5.78. The number of hydrogen-bond donors (Lipinski definition) is 0. The van der Waals surface area contributed by atoms with Gasteiger partial charge in [0.25, 0.3) is 0 Å². The van der Waals surface area contributed by atoms with Crippen LogP contribution in [0.5, 0.6) is 0 Å². The number of aryl methyl sites for hydroxylation is 2. The molecule has 0 aliphatic carbocycles. The van der Waals surface area contributed by atoms with E-state index in [4.69, 9.17) is 16.6 Å². The summed E-state index contributed by atoms with van der Waals surface area (Å²) in [7, 11) is 0. The van der Waals surface area contributed by atoms with Crippen molar-refractivity contribution in [2.45, 2.75) is 33.1 Å². The van der Waals surface area contributed by atoms with Crippen LogP contribution in [0, 0.1) is 13.8 Å². The molecule has 1 aliphatic rings. The fourth-order valence-corrected chi connectivity index (χ4v) is 2.65. The van der Waals surface area contributed by atoms with Crippen LogP contribution in [-0.4, -0.2) is 26.5 Å². The van der Waals surface area contributed by atoms with Gasteiger partial charge in [-0.15, -0.1) is 0 Å². The number of fused-ring (bicyclic) bond motifs is 1. The maximum Gasteiger partial charge on any atom is 0.234 e. The van der Waals surface area contributed by atoms with E-state index in [1.165, 1.54) is 6.33 Å². The van der Waals surface area contributed by atoms with E-state index in [1.54, 1.807) is 0 Å². The van der Waals surface area contributed by atoms with Gasteiger partial charge in [0.15, 0.2) is 0 Å². The first-order valence-electron chi connectivity index (χ1n) is 6.49. The highest BCUT2D eigenvalue weighted by molar-refractivity contribution is 6.28. The highest BCUT2D eigenvalue weighted by Crippen LogP contribution is 2.42. The Bertz CT molecular complexity index is 683. The largest absolute Gasteiger partial charge is 0.308 e. The molecule has 104 valence electrons. The number of nitrogens with zero attached hydrogens (tertiary/aromatic N) is 5. The standard InChI is InChI=1S/C14H16ClN5/c1-8-5-10-11(18-9(8)2)14(3,4)6-20(10)13-17-7-16-12(15)19-13/h5,7H,6H2,1-4H3. The zero-order valence-corrected chi connectivity index (χ0v) is 12.7. The van der Waals surface area contributed by atoms with Crippen molar-refractivity contribution in [3.05, 3.63) is 34.6 Å². The first-order valence-corrected chi connectivity index (χ1v) is 6.87. The minimum Gasteiger partial charge on any atom is -0.308 e. The average molecular weight is 290 g/mol. The van der Waals surface area contributed by atoms with Crippen LogP contribution in [-0.2, 0) is 5.41 Å². The summed E-state index contributed by atoms with van der Waals surface area (Å²) < 4.78 is 0. The molecule has 0 spiro atoms. The third-order valence-electron chi connectivity index (χ3n) is 3.70. The Balaban J connectivity index is 2.17. The summed E-state index contributed by atoms with van der Waals surface area (Å²) in [5.74, 6) is 0.571.